The summed E-state index contributed by atoms with van der Waals surface area (Å²) in [5.41, 5.74) is 3.54. The third kappa shape index (κ3) is 3.32. The number of rotatable bonds is 5. The number of carbonyl (C=O) groups is 2. The molecule has 4 heteroatoms. The van der Waals surface area contributed by atoms with Gasteiger partial charge in [-0.05, 0) is 67.6 Å². The minimum Gasteiger partial charge on any atom is -0.497 e. The summed E-state index contributed by atoms with van der Waals surface area (Å²) in [5, 5.41) is 0. The van der Waals surface area contributed by atoms with Crippen molar-refractivity contribution in [2.24, 2.45) is 0 Å². The molecule has 2 aromatic rings. The lowest BCUT2D eigenvalue weighted by molar-refractivity contribution is 0.0319. The Kier molecular flexibility index (Phi) is 4.65. The average molecular weight is 324 g/mol. The van der Waals surface area contributed by atoms with Gasteiger partial charge in [0.25, 0.3) is 0 Å². The topological polar surface area (TPSA) is 52.6 Å². The second kappa shape index (κ2) is 6.87. The first kappa shape index (κ1) is 16.2. The number of fused-ring (bicyclic) bond motifs is 1. The Balaban J connectivity index is 1.68. The van der Waals surface area contributed by atoms with Gasteiger partial charge in [0.1, 0.15) is 5.75 Å². The number of ketones is 1. The van der Waals surface area contributed by atoms with Crippen LogP contribution in [0.5, 0.6) is 5.75 Å². The van der Waals surface area contributed by atoms with E-state index in [0.717, 1.165) is 19.3 Å². The Morgan fingerprint density at radius 1 is 0.958 bits per heavy atom. The molecule has 3 rings (SSSR count). The Bertz CT molecular complexity index is 762. The first-order valence-electron chi connectivity index (χ1n) is 8.09. The first-order valence-corrected chi connectivity index (χ1v) is 8.09. The molecule has 0 radical (unpaired) electrons. The van der Waals surface area contributed by atoms with E-state index in [2.05, 4.69) is 0 Å². The molecule has 0 aromatic heterocycles. The van der Waals surface area contributed by atoms with Gasteiger partial charge in [0.05, 0.1) is 12.7 Å². The molecule has 0 amide bonds. The van der Waals surface area contributed by atoms with Crippen LogP contribution in [-0.2, 0) is 17.6 Å². The van der Waals surface area contributed by atoms with Crippen LogP contribution in [-0.4, -0.2) is 25.0 Å². The standard InChI is InChI=1S/C20H20O4/c1-13(24-20(22)15-8-10-18(23-2)11-9-15)19(21)17-7-6-14-4-3-5-16(14)12-17/h6-13H,3-5H2,1-2H3/t13-/m0/s1. The van der Waals surface area contributed by atoms with Gasteiger partial charge in [-0.3, -0.25) is 4.79 Å². The van der Waals surface area contributed by atoms with Crippen LogP contribution in [0, 0.1) is 0 Å². The number of hydrogen-bond acceptors (Lipinski definition) is 4. The lowest BCUT2D eigenvalue weighted by atomic mass is 10.0. The van der Waals surface area contributed by atoms with E-state index in [4.69, 9.17) is 9.47 Å². The average Bonchev–Trinajstić information content (AvgIpc) is 3.08. The zero-order chi connectivity index (χ0) is 17.1. The predicted octanol–water partition coefficient (Wildman–Crippen LogP) is 3.61. The first-order chi connectivity index (χ1) is 11.6. The minimum absolute atomic E-state index is 0.174. The number of aryl methyl sites for hydroxylation is 2. The van der Waals surface area contributed by atoms with Crippen molar-refractivity contribution in [1.82, 2.24) is 0 Å². The number of Topliss-reactive ketones (excluding diaryl/α,β-unsaturated/α-hetero) is 1. The van der Waals surface area contributed by atoms with E-state index in [1.54, 1.807) is 38.3 Å². The maximum atomic E-state index is 12.5. The fourth-order valence-corrected chi connectivity index (χ4v) is 2.97. The molecule has 0 saturated carbocycles. The van der Waals surface area contributed by atoms with E-state index in [0.29, 0.717) is 16.9 Å². The smallest absolute Gasteiger partial charge is 0.338 e. The van der Waals surface area contributed by atoms with Crippen LogP contribution in [0.15, 0.2) is 42.5 Å². The van der Waals surface area contributed by atoms with Gasteiger partial charge in [-0.15, -0.1) is 0 Å². The van der Waals surface area contributed by atoms with Crippen molar-refractivity contribution in [3.8, 4) is 5.75 Å². The maximum absolute atomic E-state index is 12.5. The number of methoxy groups -OCH3 is 1. The highest BCUT2D eigenvalue weighted by Crippen LogP contribution is 2.23. The molecular weight excluding hydrogens is 304 g/mol. The summed E-state index contributed by atoms with van der Waals surface area (Å²) in [7, 11) is 1.56. The molecule has 0 saturated heterocycles. The molecule has 0 bridgehead atoms. The van der Waals surface area contributed by atoms with Crippen LogP contribution in [0.3, 0.4) is 0 Å². The van der Waals surface area contributed by atoms with Crippen molar-refractivity contribution in [1.29, 1.82) is 0 Å². The molecule has 0 unspecified atom stereocenters. The number of ether oxygens (including phenoxy) is 2. The third-order valence-electron chi connectivity index (χ3n) is 4.36. The quantitative estimate of drug-likeness (QED) is 0.623. The normalized spacial score (nSPS) is 13.9. The van der Waals surface area contributed by atoms with Crippen molar-refractivity contribution >= 4 is 11.8 Å². The van der Waals surface area contributed by atoms with Gasteiger partial charge in [-0.25, -0.2) is 4.79 Å². The predicted molar refractivity (Wildman–Crippen MR) is 90.7 cm³/mol. The van der Waals surface area contributed by atoms with Crippen LogP contribution in [0.25, 0.3) is 0 Å². The monoisotopic (exact) mass is 324 g/mol. The molecule has 124 valence electrons. The van der Waals surface area contributed by atoms with E-state index in [1.807, 2.05) is 18.2 Å². The largest absolute Gasteiger partial charge is 0.497 e. The zero-order valence-electron chi connectivity index (χ0n) is 13.9. The molecule has 0 spiro atoms. The Morgan fingerprint density at radius 3 is 2.33 bits per heavy atom. The van der Waals surface area contributed by atoms with Crippen molar-refractivity contribution in [3.63, 3.8) is 0 Å². The molecule has 0 heterocycles. The highest BCUT2D eigenvalue weighted by molar-refractivity contribution is 6.01. The van der Waals surface area contributed by atoms with Gasteiger partial charge >= 0.3 is 5.97 Å². The summed E-state index contributed by atoms with van der Waals surface area (Å²) in [4.78, 5) is 24.7. The molecule has 0 fully saturated rings. The zero-order valence-corrected chi connectivity index (χ0v) is 13.9. The second-order valence-electron chi connectivity index (χ2n) is 5.98. The van der Waals surface area contributed by atoms with Crippen LogP contribution in [0.4, 0.5) is 0 Å². The molecule has 0 aliphatic heterocycles. The highest BCUT2D eigenvalue weighted by Gasteiger charge is 2.22. The van der Waals surface area contributed by atoms with Crippen LogP contribution in [0.2, 0.25) is 0 Å². The molecule has 2 aromatic carbocycles. The molecule has 1 aliphatic carbocycles. The number of hydrogen-bond donors (Lipinski definition) is 0. The van der Waals surface area contributed by atoms with E-state index in [-0.39, 0.29) is 5.78 Å². The Labute approximate surface area is 141 Å². The summed E-state index contributed by atoms with van der Waals surface area (Å²) in [6, 6.07) is 12.4. The summed E-state index contributed by atoms with van der Waals surface area (Å²) >= 11 is 0. The maximum Gasteiger partial charge on any atom is 0.338 e. The molecule has 0 N–H and O–H groups in total. The summed E-state index contributed by atoms with van der Waals surface area (Å²) in [6.07, 6.45) is 2.40. The van der Waals surface area contributed by atoms with Crippen LogP contribution >= 0.6 is 0 Å². The van der Waals surface area contributed by atoms with Gasteiger partial charge in [0.15, 0.2) is 6.10 Å². The van der Waals surface area contributed by atoms with Crippen molar-refractivity contribution < 1.29 is 19.1 Å². The number of benzene rings is 2. The fraction of sp³-hybridized carbons (Fsp3) is 0.300. The van der Waals surface area contributed by atoms with Crippen molar-refractivity contribution in [2.75, 3.05) is 7.11 Å². The number of esters is 1. The molecular formula is C20H20O4. The van der Waals surface area contributed by atoms with Gasteiger partial charge in [0.2, 0.25) is 5.78 Å². The lowest BCUT2D eigenvalue weighted by Gasteiger charge is -2.13. The number of carbonyl (C=O) groups excluding carboxylic acids is 2. The van der Waals surface area contributed by atoms with Crippen LogP contribution < -0.4 is 4.74 Å². The summed E-state index contributed by atoms with van der Waals surface area (Å²) in [5.74, 6) is -0.0277. The Morgan fingerprint density at radius 2 is 1.62 bits per heavy atom. The minimum atomic E-state index is -0.820. The summed E-state index contributed by atoms with van der Waals surface area (Å²) in [6.45, 7) is 1.61. The van der Waals surface area contributed by atoms with E-state index in [1.165, 1.54) is 11.1 Å². The van der Waals surface area contributed by atoms with Gasteiger partial charge in [-0.1, -0.05) is 12.1 Å². The van der Waals surface area contributed by atoms with E-state index >= 15 is 0 Å². The Hall–Kier alpha value is -2.62. The van der Waals surface area contributed by atoms with Crippen molar-refractivity contribution in [2.45, 2.75) is 32.3 Å². The molecule has 1 atom stereocenters. The van der Waals surface area contributed by atoms with E-state index < -0.39 is 12.1 Å². The molecule has 24 heavy (non-hydrogen) atoms. The summed E-state index contributed by atoms with van der Waals surface area (Å²) < 4.78 is 10.4. The fourth-order valence-electron chi connectivity index (χ4n) is 2.97. The molecule has 1 aliphatic rings. The second-order valence-corrected chi connectivity index (χ2v) is 5.98. The third-order valence-corrected chi connectivity index (χ3v) is 4.36. The van der Waals surface area contributed by atoms with E-state index in [9.17, 15) is 9.59 Å². The van der Waals surface area contributed by atoms with Gasteiger partial charge < -0.3 is 9.47 Å². The highest BCUT2D eigenvalue weighted by atomic mass is 16.5. The molecule has 4 nitrogen and oxygen atoms in total. The van der Waals surface area contributed by atoms with Gasteiger partial charge in [-0.2, -0.15) is 0 Å². The van der Waals surface area contributed by atoms with Crippen molar-refractivity contribution in [3.05, 3.63) is 64.7 Å². The van der Waals surface area contributed by atoms with Gasteiger partial charge in [0, 0.05) is 5.56 Å². The van der Waals surface area contributed by atoms with Crippen LogP contribution in [0.1, 0.15) is 45.2 Å². The SMILES string of the molecule is COc1ccc(C(=O)O[C@@H](C)C(=O)c2ccc3c(c2)CCC3)cc1. The lowest BCUT2D eigenvalue weighted by Crippen LogP contribution is -2.24.